The second-order valence-corrected chi connectivity index (χ2v) is 6.45. The van der Waals surface area contributed by atoms with Gasteiger partial charge in [0.2, 0.25) is 0 Å². The van der Waals surface area contributed by atoms with E-state index in [1.54, 1.807) is 0 Å². The van der Waals surface area contributed by atoms with Crippen LogP contribution in [-0.4, -0.2) is 20.6 Å². The minimum absolute atomic E-state index is 0.236. The Bertz CT molecular complexity index is 501. The first kappa shape index (κ1) is 13.7. The lowest BCUT2D eigenvalue weighted by Gasteiger charge is -2.18. The smallest absolute Gasteiger partial charge is 0.306 e. The maximum atomic E-state index is 11.1. The molecule has 0 radical (unpaired) electrons. The van der Waals surface area contributed by atoms with Crippen molar-refractivity contribution < 1.29 is 9.90 Å². The average Bonchev–Trinajstić information content (AvgIpc) is 3.04. The van der Waals surface area contributed by atoms with Crippen LogP contribution in [0.3, 0.4) is 0 Å². The standard InChI is InChI=1S/C16H24N2O2/c1-18-14-8-7-12(16(19)20)10-13(14)17-15(18)9-6-11-4-2-3-5-11/h11-12H,2-10H2,1H3,(H,19,20). The molecule has 1 fully saturated rings. The number of hydrogen-bond donors (Lipinski definition) is 1. The summed E-state index contributed by atoms with van der Waals surface area (Å²) < 4.78 is 2.22. The highest BCUT2D eigenvalue weighted by atomic mass is 16.4. The molecule has 1 aromatic rings. The van der Waals surface area contributed by atoms with Crippen molar-refractivity contribution >= 4 is 5.97 Å². The minimum atomic E-state index is -0.672. The number of carboxylic acid groups (broad SMARTS) is 1. The monoisotopic (exact) mass is 276 g/mol. The number of hydrogen-bond acceptors (Lipinski definition) is 2. The summed E-state index contributed by atoms with van der Waals surface area (Å²) in [7, 11) is 2.09. The number of carbonyl (C=O) groups is 1. The van der Waals surface area contributed by atoms with Crippen LogP contribution >= 0.6 is 0 Å². The zero-order chi connectivity index (χ0) is 14.1. The Morgan fingerprint density at radius 2 is 2.10 bits per heavy atom. The molecule has 1 aromatic heterocycles. The van der Waals surface area contributed by atoms with Crippen LogP contribution in [0.4, 0.5) is 0 Å². The Balaban J connectivity index is 1.69. The van der Waals surface area contributed by atoms with Crippen LogP contribution in [0, 0.1) is 11.8 Å². The summed E-state index contributed by atoms with van der Waals surface area (Å²) in [5, 5.41) is 9.15. The van der Waals surface area contributed by atoms with Gasteiger partial charge in [0.1, 0.15) is 5.82 Å². The van der Waals surface area contributed by atoms with Crippen molar-refractivity contribution in [1.82, 2.24) is 9.55 Å². The minimum Gasteiger partial charge on any atom is -0.481 e. The second-order valence-electron chi connectivity index (χ2n) is 6.45. The van der Waals surface area contributed by atoms with Gasteiger partial charge in [0.15, 0.2) is 0 Å². The van der Waals surface area contributed by atoms with E-state index in [-0.39, 0.29) is 5.92 Å². The molecule has 1 saturated carbocycles. The zero-order valence-electron chi connectivity index (χ0n) is 12.3. The highest BCUT2D eigenvalue weighted by Gasteiger charge is 2.28. The number of aryl methyl sites for hydroxylation is 1. The second kappa shape index (κ2) is 5.58. The van der Waals surface area contributed by atoms with E-state index in [0.29, 0.717) is 6.42 Å². The quantitative estimate of drug-likeness (QED) is 0.920. The Hall–Kier alpha value is -1.32. The maximum absolute atomic E-state index is 11.1. The number of aromatic nitrogens is 2. The van der Waals surface area contributed by atoms with Gasteiger partial charge in [-0.15, -0.1) is 0 Å². The van der Waals surface area contributed by atoms with Crippen LogP contribution in [0.5, 0.6) is 0 Å². The van der Waals surface area contributed by atoms with Gasteiger partial charge < -0.3 is 9.67 Å². The van der Waals surface area contributed by atoms with Crippen LogP contribution in [0.25, 0.3) is 0 Å². The third-order valence-electron chi connectivity index (χ3n) is 5.16. The largest absolute Gasteiger partial charge is 0.481 e. The molecule has 0 saturated heterocycles. The highest BCUT2D eigenvalue weighted by Crippen LogP contribution is 2.30. The van der Waals surface area contributed by atoms with Crippen molar-refractivity contribution in [2.75, 3.05) is 0 Å². The Labute approximate surface area is 120 Å². The summed E-state index contributed by atoms with van der Waals surface area (Å²) >= 11 is 0. The van der Waals surface area contributed by atoms with Crippen molar-refractivity contribution in [3.63, 3.8) is 0 Å². The molecule has 3 rings (SSSR count). The van der Waals surface area contributed by atoms with Crippen LogP contribution in [0.2, 0.25) is 0 Å². The highest BCUT2D eigenvalue weighted by molar-refractivity contribution is 5.70. The molecule has 110 valence electrons. The van der Waals surface area contributed by atoms with Crippen molar-refractivity contribution in [3.05, 3.63) is 17.2 Å². The van der Waals surface area contributed by atoms with Gasteiger partial charge in [-0.1, -0.05) is 25.7 Å². The van der Waals surface area contributed by atoms with E-state index in [1.165, 1.54) is 37.8 Å². The Kier molecular flexibility index (Phi) is 3.81. The summed E-state index contributed by atoms with van der Waals surface area (Å²) in [5.41, 5.74) is 2.30. The van der Waals surface area contributed by atoms with Gasteiger partial charge in [-0.3, -0.25) is 4.79 Å². The fourth-order valence-electron chi connectivity index (χ4n) is 3.83. The Morgan fingerprint density at radius 1 is 1.35 bits per heavy atom. The summed E-state index contributed by atoms with van der Waals surface area (Å²) in [5.74, 6) is 1.14. The molecule has 4 nitrogen and oxygen atoms in total. The van der Waals surface area contributed by atoms with Gasteiger partial charge in [-0.2, -0.15) is 0 Å². The lowest BCUT2D eigenvalue weighted by Crippen LogP contribution is -2.22. The van der Waals surface area contributed by atoms with Gasteiger partial charge in [0, 0.05) is 25.6 Å². The molecular weight excluding hydrogens is 252 g/mol. The van der Waals surface area contributed by atoms with Crippen LogP contribution in [0.1, 0.15) is 55.7 Å². The number of nitrogens with zero attached hydrogens (tertiary/aromatic N) is 2. The molecular formula is C16H24N2O2. The van der Waals surface area contributed by atoms with Gasteiger partial charge in [-0.05, 0) is 25.2 Å². The van der Waals surface area contributed by atoms with Gasteiger partial charge in [0.05, 0.1) is 11.6 Å². The van der Waals surface area contributed by atoms with Gasteiger partial charge >= 0.3 is 5.97 Å². The number of carboxylic acids is 1. The fourth-order valence-corrected chi connectivity index (χ4v) is 3.83. The van der Waals surface area contributed by atoms with Crippen LogP contribution in [0.15, 0.2) is 0 Å². The van der Waals surface area contributed by atoms with Crippen molar-refractivity contribution in [2.45, 2.75) is 57.8 Å². The van der Waals surface area contributed by atoms with E-state index in [2.05, 4.69) is 11.6 Å². The van der Waals surface area contributed by atoms with E-state index >= 15 is 0 Å². The van der Waals surface area contributed by atoms with E-state index in [1.807, 2.05) is 0 Å². The third kappa shape index (κ3) is 2.60. The number of rotatable bonds is 4. The topological polar surface area (TPSA) is 55.1 Å². The number of aliphatic carboxylic acids is 1. The van der Waals surface area contributed by atoms with Gasteiger partial charge in [-0.25, -0.2) is 4.98 Å². The molecule has 20 heavy (non-hydrogen) atoms. The molecule has 0 spiro atoms. The fraction of sp³-hybridized carbons (Fsp3) is 0.750. The van der Waals surface area contributed by atoms with Crippen molar-refractivity contribution in [2.24, 2.45) is 18.9 Å². The van der Waals surface area contributed by atoms with E-state index in [9.17, 15) is 4.79 Å². The molecule has 1 unspecified atom stereocenters. The first-order chi connectivity index (χ1) is 9.65. The summed E-state index contributed by atoms with van der Waals surface area (Å²) in [6, 6.07) is 0. The maximum Gasteiger partial charge on any atom is 0.306 e. The van der Waals surface area contributed by atoms with E-state index in [4.69, 9.17) is 10.1 Å². The van der Waals surface area contributed by atoms with E-state index < -0.39 is 5.97 Å². The summed E-state index contributed by atoms with van der Waals surface area (Å²) in [6.07, 6.45) is 10.1. The molecule has 0 aliphatic heterocycles. The number of fused-ring (bicyclic) bond motifs is 1. The normalized spacial score (nSPS) is 22.9. The predicted octanol–water partition coefficient (Wildman–Crippen LogP) is 2.73. The predicted molar refractivity (Wildman–Crippen MR) is 76.6 cm³/mol. The molecule has 2 aliphatic carbocycles. The molecule has 1 atom stereocenters. The third-order valence-corrected chi connectivity index (χ3v) is 5.16. The lowest BCUT2D eigenvalue weighted by molar-refractivity contribution is -0.142. The first-order valence-corrected chi connectivity index (χ1v) is 7.91. The number of imidazole rings is 1. The SMILES string of the molecule is Cn1c(CCC2CCCC2)nc2c1CCC(C(=O)O)C2. The molecule has 4 heteroatoms. The van der Waals surface area contributed by atoms with Crippen molar-refractivity contribution in [3.8, 4) is 0 Å². The van der Waals surface area contributed by atoms with E-state index in [0.717, 1.165) is 36.7 Å². The average molecular weight is 276 g/mol. The molecule has 0 bridgehead atoms. The molecule has 1 heterocycles. The molecule has 0 aromatic carbocycles. The first-order valence-electron chi connectivity index (χ1n) is 7.91. The molecule has 2 aliphatic rings. The van der Waals surface area contributed by atoms with Crippen LogP contribution in [-0.2, 0) is 31.1 Å². The molecule has 0 amide bonds. The van der Waals surface area contributed by atoms with Crippen molar-refractivity contribution in [1.29, 1.82) is 0 Å². The lowest BCUT2D eigenvalue weighted by atomic mass is 9.90. The van der Waals surface area contributed by atoms with Crippen LogP contribution < -0.4 is 0 Å². The summed E-state index contributed by atoms with van der Waals surface area (Å²) in [4.78, 5) is 15.9. The molecule has 1 N–H and O–H groups in total. The van der Waals surface area contributed by atoms with Gasteiger partial charge in [0.25, 0.3) is 0 Å². The Morgan fingerprint density at radius 3 is 2.80 bits per heavy atom. The summed E-state index contributed by atoms with van der Waals surface area (Å²) in [6.45, 7) is 0. The zero-order valence-corrected chi connectivity index (χ0v) is 12.3.